The van der Waals surface area contributed by atoms with Crippen LogP contribution in [0.1, 0.15) is 26.9 Å². The summed E-state index contributed by atoms with van der Waals surface area (Å²) in [5.41, 5.74) is 2.58. The van der Waals surface area contributed by atoms with E-state index in [0.29, 0.717) is 0 Å². The van der Waals surface area contributed by atoms with Crippen molar-refractivity contribution in [3.8, 4) is 5.75 Å². The molecular weight excluding hydrogens is 322 g/mol. The van der Waals surface area contributed by atoms with E-state index in [9.17, 15) is 0 Å². The molecule has 4 heteroatoms. The predicted molar refractivity (Wildman–Crippen MR) is 85.4 cm³/mol. The summed E-state index contributed by atoms with van der Waals surface area (Å²) < 4.78 is 6.27. The zero-order chi connectivity index (χ0) is 14.0. The second kappa shape index (κ2) is 6.07. The van der Waals surface area contributed by atoms with Crippen LogP contribution in [0.4, 0.5) is 0 Å². The van der Waals surface area contributed by atoms with Gasteiger partial charge in [0, 0.05) is 9.75 Å². The number of hydrogen-bond acceptors (Lipinski definition) is 3. The Kier molecular flexibility index (Phi) is 4.66. The van der Waals surface area contributed by atoms with Crippen LogP contribution in [0.15, 0.2) is 28.7 Å². The first-order chi connectivity index (χ1) is 9.06. The number of aryl methyl sites for hydroxylation is 2. The zero-order valence-electron chi connectivity index (χ0n) is 11.6. The van der Waals surface area contributed by atoms with E-state index in [1.165, 1.54) is 20.9 Å². The van der Waals surface area contributed by atoms with E-state index in [2.05, 4.69) is 53.3 Å². The molecule has 0 aliphatic rings. The summed E-state index contributed by atoms with van der Waals surface area (Å²) in [6.07, 6.45) is 0. The molecule has 2 nitrogen and oxygen atoms in total. The third-order valence-electron chi connectivity index (χ3n) is 3.19. The SMILES string of the molecule is CNC(c1ccc(OC)c(Br)c1)c1cc(C)sc1C. The quantitative estimate of drug-likeness (QED) is 0.888. The molecule has 2 rings (SSSR count). The van der Waals surface area contributed by atoms with Gasteiger partial charge in [-0.2, -0.15) is 0 Å². The highest BCUT2D eigenvalue weighted by Gasteiger charge is 2.17. The van der Waals surface area contributed by atoms with Gasteiger partial charge in [-0.25, -0.2) is 0 Å². The summed E-state index contributed by atoms with van der Waals surface area (Å²) in [6, 6.07) is 8.70. The molecule has 0 spiro atoms. The number of halogens is 1. The summed E-state index contributed by atoms with van der Waals surface area (Å²) in [5.74, 6) is 0.858. The van der Waals surface area contributed by atoms with Crippen molar-refractivity contribution < 1.29 is 4.74 Å². The molecule has 0 saturated carbocycles. The summed E-state index contributed by atoms with van der Waals surface area (Å²) in [6.45, 7) is 4.33. The maximum atomic E-state index is 5.28. The fraction of sp³-hybridized carbons (Fsp3) is 0.333. The van der Waals surface area contributed by atoms with E-state index in [1.807, 2.05) is 24.5 Å². The number of benzene rings is 1. The van der Waals surface area contributed by atoms with Gasteiger partial charge >= 0.3 is 0 Å². The van der Waals surface area contributed by atoms with Crippen LogP contribution in [0.25, 0.3) is 0 Å². The van der Waals surface area contributed by atoms with Crippen molar-refractivity contribution in [3.63, 3.8) is 0 Å². The molecule has 2 aromatic rings. The Morgan fingerprint density at radius 3 is 2.47 bits per heavy atom. The lowest BCUT2D eigenvalue weighted by atomic mass is 9.99. The van der Waals surface area contributed by atoms with Gasteiger partial charge in [-0.15, -0.1) is 11.3 Å². The van der Waals surface area contributed by atoms with Crippen LogP contribution in [-0.4, -0.2) is 14.2 Å². The van der Waals surface area contributed by atoms with Crippen LogP contribution in [0.2, 0.25) is 0 Å². The van der Waals surface area contributed by atoms with Crippen LogP contribution in [0.3, 0.4) is 0 Å². The van der Waals surface area contributed by atoms with Crippen molar-refractivity contribution in [2.75, 3.05) is 14.2 Å². The lowest BCUT2D eigenvalue weighted by Gasteiger charge is -2.18. The molecule has 1 aromatic heterocycles. The minimum absolute atomic E-state index is 0.215. The van der Waals surface area contributed by atoms with E-state index in [-0.39, 0.29) is 6.04 Å². The van der Waals surface area contributed by atoms with Gasteiger partial charge in [0.05, 0.1) is 17.6 Å². The monoisotopic (exact) mass is 339 g/mol. The van der Waals surface area contributed by atoms with E-state index < -0.39 is 0 Å². The van der Waals surface area contributed by atoms with Gasteiger partial charge < -0.3 is 10.1 Å². The Morgan fingerprint density at radius 2 is 2.00 bits per heavy atom. The third kappa shape index (κ3) is 3.02. The molecule has 19 heavy (non-hydrogen) atoms. The Bertz CT molecular complexity index is 580. The Labute approximate surface area is 126 Å². The third-order valence-corrected chi connectivity index (χ3v) is 4.79. The Hall–Kier alpha value is -0.840. The largest absolute Gasteiger partial charge is 0.496 e. The van der Waals surface area contributed by atoms with Crippen molar-refractivity contribution in [3.05, 3.63) is 49.6 Å². The van der Waals surface area contributed by atoms with Crippen molar-refractivity contribution in [1.82, 2.24) is 5.32 Å². The van der Waals surface area contributed by atoms with E-state index in [1.54, 1.807) is 7.11 Å². The lowest BCUT2D eigenvalue weighted by molar-refractivity contribution is 0.412. The second-order valence-electron chi connectivity index (χ2n) is 4.48. The normalized spacial score (nSPS) is 12.5. The molecule has 1 aromatic carbocycles. The van der Waals surface area contributed by atoms with Crippen LogP contribution >= 0.6 is 27.3 Å². The fourth-order valence-electron chi connectivity index (χ4n) is 2.30. The maximum absolute atomic E-state index is 5.28. The molecule has 0 aliphatic heterocycles. The summed E-state index contributed by atoms with van der Waals surface area (Å²) >= 11 is 5.39. The van der Waals surface area contributed by atoms with Gasteiger partial charge in [-0.1, -0.05) is 6.07 Å². The molecule has 0 aliphatic carbocycles. The standard InChI is InChI=1S/C15H18BrNOS/c1-9-7-12(10(2)19-9)15(17-3)11-5-6-14(18-4)13(16)8-11/h5-8,15,17H,1-4H3. The molecule has 1 unspecified atom stereocenters. The lowest BCUT2D eigenvalue weighted by Crippen LogP contribution is -2.17. The number of methoxy groups -OCH3 is 1. The average Bonchev–Trinajstić information content (AvgIpc) is 2.70. The second-order valence-corrected chi connectivity index (χ2v) is 6.80. The molecule has 0 bridgehead atoms. The van der Waals surface area contributed by atoms with E-state index in [4.69, 9.17) is 4.74 Å². The maximum Gasteiger partial charge on any atom is 0.133 e. The zero-order valence-corrected chi connectivity index (χ0v) is 14.0. The number of hydrogen-bond donors (Lipinski definition) is 1. The highest BCUT2D eigenvalue weighted by atomic mass is 79.9. The summed E-state index contributed by atoms with van der Waals surface area (Å²) in [4.78, 5) is 2.71. The van der Waals surface area contributed by atoms with Crippen LogP contribution in [0.5, 0.6) is 5.75 Å². The van der Waals surface area contributed by atoms with Crippen LogP contribution in [-0.2, 0) is 0 Å². The molecule has 0 radical (unpaired) electrons. The minimum Gasteiger partial charge on any atom is -0.496 e. The number of rotatable bonds is 4. The van der Waals surface area contributed by atoms with Gasteiger partial charge in [0.1, 0.15) is 5.75 Å². The van der Waals surface area contributed by atoms with Crippen LogP contribution < -0.4 is 10.1 Å². The first-order valence-electron chi connectivity index (χ1n) is 6.14. The number of thiophene rings is 1. The van der Waals surface area contributed by atoms with E-state index in [0.717, 1.165) is 10.2 Å². The molecule has 1 heterocycles. The van der Waals surface area contributed by atoms with Crippen molar-refractivity contribution in [1.29, 1.82) is 0 Å². The molecule has 0 fully saturated rings. The fourth-order valence-corrected chi connectivity index (χ4v) is 3.82. The van der Waals surface area contributed by atoms with Gasteiger partial charge in [-0.05, 0) is 66.2 Å². The molecule has 1 N–H and O–H groups in total. The minimum atomic E-state index is 0.215. The smallest absolute Gasteiger partial charge is 0.133 e. The molecular formula is C15H18BrNOS. The summed E-state index contributed by atoms with van der Waals surface area (Å²) in [5, 5.41) is 3.40. The first kappa shape index (κ1) is 14.6. The first-order valence-corrected chi connectivity index (χ1v) is 7.75. The Morgan fingerprint density at radius 1 is 1.26 bits per heavy atom. The van der Waals surface area contributed by atoms with Gasteiger partial charge in [-0.3, -0.25) is 0 Å². The average molecular weight is 340 g/mol. The van der Waals surface area contributed by atoms with Crippen LogP contribution in [0, 0.1) is 13.8 Å². The molecule has 0 saturated heterocycles. The highest BCUT2D eigenvalue weighted by molar-refractivity contribution is 9.10. The topological polar surface area (TPSA) is 21.3 Å². The van der Waals surface area contributed by atoms with Gasteiger partial charge in [0.2, 0.25) is 0 Å². The number of nitrogens with one attached hydrogen (secondary N) is 1. The van der Waals surface area contributed by atoms with Gasteiger partial charge in [0.15, 0.2) is 0 Å². The molecule has 1 atom stereocenters. The highest BCUT2D eigenvalue weighted by Crippen LogP contribution is 2.34. The Balaban J connectivity index is 2.42. The van der Waals surface area contributed by atoms with E-state index >= 15 is 0 Å². The number of ether oxygens (including phenoxy) is 1. The molecule has 102 valence electrons. The predicted octanol–water partition coefficient (Wildman–Crippen LogP) is 4.44. The van der Waals surface area contributed by atoms with Gasteiger partial charge in [0.25, 0.3) is 0 Å². The van der Waals surface area contributed by atoms with Crippen molar-refractivity contribution in [2.24, 2.45) is 0 Å². The summed E-state index contributed by atoms with van der Waals surface area (Å²) in [7, 11) is 3.68. The van der Waals surface area contributed by atoms with Crippen molar-refractivity contribution >= 4 is 27.3 Å². The van der Waals surface area contributed by atoms with Crippen molar-refractivity contribution in [2.45, 2.75) is 19.9 Å². The molecule has 0 amide bonds.